The lowest BCUT2D eigenvalue weighted by molar-refractivity contribution is 0.0341. The molecule has 7 nitrogen and oxygen atoms in total. The molecule has 0 saturated carbocycles. The van der Waals surface area contributed by atoms with E-state index in [4.69, 9.17) is 16.3 Å². The van der Waals surface area contributed by atoms with Gasteiger partial charge in [0.25, 0.3) is 0 Å². The number of nitrogens with one attached hydrogen (secondary N) is 2. The third-order valence-electron chi connectivity index (χ3n) is 5.85. The number of aromatic nitrogens is 1. The lowest BCUT2D eigenvalue weighted by atomic mass is 10.1. The van der Waals surface area contributed by atoms with Gasteiger partial charge in [0.05, 0.1) is 18.2 Å². The fraction of sp³-hybridized carbons (Fsp3) is 0.478. The summed E-state index contributed by atoms with van der Waals surface area (Å²) >= 11 is 6.32. The van der Waals surface area contributed by atoms with E-state index in [0.717, 1.165) is 70.7 Å². The Morgan fingerprint density at radius 1 is 1.16 bits per heavy atom. The molecule has 2 N–H and O–H groups in total. The van der Waals surface area contributed by atoms with Gasteiger partial charge in [-0.1, -0.05) is 35.9 Å². The van der Waals surface area contributed by atoms with Gasteiger partial charge in [0.2, 0.25) is 0 Å². The Labute approximate surface area is 189 Å². The topological polar surface area (TPSA) is 65.0 Å². The van der Waals surface area contributed by atoms with Crippen molar-refractivity contribution >= 4 is 23.4 Å². The molecule has 0 spiro atoms. The van der Waals surface area contributed by atoms with Crippen molar-refractivity contribution in [3.05, 3.63) is 58.7 Å². The summed E-state index contributed by atoms with van der Waals surface area (Å²) in [7, 11) is 1.82. The predicted octanol–water partition coefficient (Wildman–Crippen LogP) is 2.51. The highest BCUT2D eigenvalue weighted by Gasteiger charge is 2.25. The van der Waals surface area contributed by atoms with Crippen LogP contribution in [0.2, 0.25) is 5.02 Å². The van der Waals surface area contributed by atoms with Gasteiger partial charge in [-0.3, -0.25) is 9.89 Å². The highest BCUT2D eigenvalue weighted by molar-refractivity contribution is 6.32. The molecule has 2 fully saturated rings. The molecule has 0 amide bonds. The molecule has 2 aromatic rings. The van der Waals surface area contributed by atoms with E-state index >= 15 is 0 Å². The van der Waals surface area contributed by atoms with Crippen LogP contribution in [0.4, 0.5) is 5.82 Å². The van der Waals surface area contributed by atoms with E-state index in [-0.39, 0.29) is 0 Å². The minimum Gasteiger partial charge on any atom is -0.379 e. The number of halogens is 1. The standard InChI is InChI=1S/C23H31ClN6O/c1-25-23(28-20-8-10-30(17-20)22-21(24)7-4-9-26-22)27-15-18-5-2-3-6-19(18)16-29-11-13-31-14-12-29/h2-7,9,20H,8,10-17H2,1H3,(H2,25,27,28). The molecule has 1 unspecified atom stereocenters. The third-order valence-corrected chi connectivity index (χ3v) is 6.15. The highest BCUT2D eigenvalue weighted by Crippen LogP contribution is 2.25. The Balaban J connectivity index is 1.31. The predicted molar refractivity (Wildman–Crippen MR) is 126 cm³/mol. The van der Waals surface area contributed by atoms with Crippen LogP contribution < -0.4 is 15.5 Å². The molecule has 1 atom stereocenters. The van der Waals surface area contributed by atoms with Gasteiger partial charge in [-0.25, -0.2) is 4.98 Å². The van der Waals surface area contributed by atoms with E-state index in [1.54, 1.807) is 6.20 Å². The van der Waals surface area contributed by atoms with Gasteiger partial charge in [0.1, 0.15) is 5.82 Å². The van der Waals surface area contributed by atoms with Crippen LogP contribution in [0.1, 0.15) is 17.5 Å². The molecule has 0 bridgehead atoms. The fourth-order valence-corrected chi connectivity index (χ4v) is 4.37. The molecule has 8 heteroatoms. The van der Waals surface area contributed by atoms with E-state index in [1.165, 1.54) is 11.1 Å². The van der Waals surface area contributed by atoms with E-state index in [0.29, 0.717) is 11.1 Å². The highest BCUT2D eigenvalue weighted by atomic mass is 35.5. The maximum atomic E-state index is 6.32. The molecule has 166 valence electrons. The van der Waals surface area contributed by atoms with Crippen LogP contribution in [-0.2, 0) is 17.8 Å². The second kappa shape index (κ2) is 10.8. The number of nitrogens with zero attached hydrogens (tertiary/aromatic N) is 4. The summed E-state index contributed by atoms with van der Waals surface area (Å²) in [6.45, 7) is 7.09. The average Bonchev–Trinajstić information content (AvgIpc) is 3.27. The molecule has 2 saturated heterocycles. The van der Waals surface area contributed by atoms with E-state index in [9.17, 15) is 0 Å². The Morgan fingerprint density at radius 3 is 2.74 bits per heavy atom. The number of ether oxygens (including phenoxy) is 1. The van der Waals surface area contributed by atoms with Gasteiger partial charge < -0.3 is 20.3 Å². The first-order chi connectivity index (χ1) is 15.2. The van der Waals surface area contributed by atoms with Crippen LogP contribution in [0.3, 0.4) is 0 Å². The van der Waals surface area contributed by atoms with E-state index in [1.807, 2.05) is 19.2 Å². The van der Waals surface area contributed by atoms with Gasteiger partial charge in [0.15, 0.2) is 5.96 Å². The second-order valence-electron chi connectivity index (χ2n) is 7.97. The number of hydrogen-bond donors (Lipinski definition) is 2. The number of aliphatic imine (C=N–C) groups is 1. The van der Waals surface area contributed by atoms with Crippen LogP contribution in [-0.4, -0.2) is 68.3 Å². The van der Waals surface area contributed by atoms with Crippen LogP contribution >= 0.6 is 11.6 Å². The Hall–Kier alpha value is -2.35. The van der Waals surface area contributed by atoms with Gasteiger partial charge in [0, 0.05) is 58.6 Å². The fourth-order valence-electron chi connectivity index (χ4n) is 4.13. The molecule has 3 heterocycles. The van der Waals surface area contributed by atoms with Gasteiger partial charge in [-0.2, -0.15) is 0 Å². The number of hydrogen-bond acceptors (Lipinski definition) is 5. The zero-order valence-corrected chi connectivity index (χ0v) is 18.8. The van der Waals surface area contributed by atoms with Crippen LogP contribution in [0, 0.1) is 0 Å². The summed E-state index contributed by atoms with van der Waals surface area (Å²) in [6, 6.07) is 12.7. The molecule has 31 heavy (non-hydrogen) atoms. The average molecular weight is 443 g/mol. The van der Waals surface area contributed by atoms with E-state index < -0.39 is 0 Å². The number of guanidine groups is 1. The van der Waals surface area contributed by atoms with Gasteiger partial charge in [-0.05, 0) is 29.7 Å². The largest absolute Gasteiger partial charge is 0.379 e. The molecule has 0 aliphatic carbocycles. The molecule has 4 rings (SSSR count). The lowest BCUT2D eigenvalue weighted by Gasteiger charge is -2.27. The summed E-state index contributed by atoms with van der Waals surface area (Å²) in [4.78, 5) is 13.5. The van der Waals surface area contributed by atoms with Crippen molar-refractivity contribution in [2.24, 2.45) is 4.99 Å². The maximum Gasteiger partial charge on any atom is 0.191 e. The van der Waals surface area contributed by atoms with Crippen molar-refractivity contribution in [1.29, 1.82) is 0 Å². The molecular formula is C23H31ClN6O. The number of pyridine rings is 1. The summed E-state index contributed by atoms with van der Waals surface area (Å²) < 4.78 is 5.47. The molecule has 1 aromatic heterocycles. The quantitative estimate of drug-likeness (QED) is 0.529. The Morgan fingerprint density at radius 2 is 1.97 bits per heavy atom. The molecule has 1 aromatic carbocycles. The lowest BCUT2D eigenvalue weighted by Crippen LogP contribution is -2.44. The van der Waals surface area contributed by atoms with Crippen LogP contribution in [0.15, 0.2) is 47.6 Å². The summed E-state index contributed by atoms with van der Waals surface area (Å²) in [6.07, 6.45) is 2.80. The van der Waals surface area contributed by atoms with Crippen molar-refractivity contribution in [2.45, 2.75) is 25.6 Å². The zero-order chi connectivity index (χ0) is 21.5. The molecule has 0 radical (unpaired) electrons. The molecule has 2 aliphatic rings. The van der Waals surface area contributed by atoms with Crippen molar-refractivity contribution in [3.8, 4) is 0 Å². The first-order valence-electron chi connectivity index (χ1n) is 10.9. The Bertz CT molecular complexity index is 886. The summed E-state index contributed by atoms with van der Waals surface area (Å²) in [5.74, 6) is 1.67. The molecule has 2 aliphatic heterocycles. The normalized spacial score (nSPS) is 20.1. The second-order valence-corrected chi connectivity index (χ2v) is 8.37. The van der Waals surface area contributed by atoms with Crippen LogP contribution in [0.25, 0.3) is 0 Å². The minimum atomic E-state index is 0.299. The van der Waals surface area contributed by atoms with Crippen molar-refractivity contribution in [1.82, 2.24) is 20.5 Å². The minimum absolute atomic E-state index is 0.299. The first-order valence-corrected chi connectivity index (χ1v) is 11.3. The summed E-state index contributed by atoms with van der Waals surface area (Å²) in [5.41, 5.74) is 2.65. The Kier molecular flexibility index (Phi) is 7.61. The number of anilines is 1. The summed E-state index contributed by atoms with van der Waals surface area (Å²) in [5, 5.41) is 7.74. The third kappa shape index (κ3) is 5.87. The SMILES string of the molecule is CN=C(NCc1ccccc1CN1CCOCC1)NC1CCN(c2ncccc2Cl)C1. The zero-order valence-electron chi connectivity index (χ0n) is 18.1. The maximum absolute atomic E-state index is 6.32. The smallest absolute Gasteiger partial charge is 0.191 e. The number of rotatable bonds is 6. The first kappa shape index (κ1) is 21.9. The molecular weight excluding hydrogens is 412 g/mol. The van der Waals surface area contributed by atoms with Gasteiger partial charge in [-0.15, -0.1) is 0 Å². The number of morpholine rings is 1. The monoisotopic (exact) mass is 442 g/mol. The van der Waals surface area contributed by atoms with Crippen molar-refractivity contribution in [2.75, 3.05) is 51.3 Å². The van der Waals surface area contributed by atoms with Gasteiger partial charge >= 0.3 is 0 Å². The van der Waals surface area contributed by atoms with Crippen LogP contribution in [0.5, 0.6) is 0 Å². The van der Waals surface area contributed by atoms with Crippen molar-refractivity contribution in [3.63, 3.8) is 0 Å². The van der Waals surface area contributed by atoms with Crippen molar-refractivity contribution < 1.29 is 4.74 Å². The number of benzene rings is 1. The van der Waals surface area contributed by atoms with E-state index in [2.05, 4.69) is 54.7 Å².